The van der Waals surface area contributed by atoms with Crippen molar-refractivity contribution in [3.05, 3.63) is 76.1 Å². The van der Waals surface area contributed by atoms with Crippen molar-refractivity contribution in [3.63, 3.8) is 0 Å². The van der Waals surface area contributed by atoms with Gasteiger partial charge in [-0.15, -0.1) is 0 Å². The molecule has 0 spiro atoms. The molecule has 192 valence electrons. The van der Waals surface area contributed by atoms with Crippen LogP contribution in [0.3, 0.4) is 0 Å². The van der Waals surface area contributed by atoms with Crippen LogP contribution in [0.15, 0.2) is 42.5 Å². The van der Waals surface area contributed by atoms with Gasteiger partial charge in [-0.25, -0.2) is 0 Å². The van der Waals surface area contributed by atoms with Gasteiger partial charge < -0.3 is 19.4 Å². The molecule has 0 unspecified atom stereocenters. The minimum Gasteiger partial charge on any atom is -0.493 e. The smallest absolute Gasteiger partial charge is 0.238 e. The fraction of sp³-hybridized carbons (Fsp3) is 0.379. The Bertz CT molecular complexity index is 1250. The molecule has 0 radical (unpaired) electrons. The second-order valence-electron chi connectivity index (χ2n) is 9.27. The van der Waals surface area contributed by atoms with Gasteiger partial charge in [0.05, 0.1) is 27.3 Å². The number of hydrogen-bond acceptors (Lipinski definition) is 5. The molecule has 2 aromatic carbocycles. The molecule has 0 aliphatic carbocycles. The highest BCUT2D eigenvalue weighted by Gasteiger charge is 2.19. The Balaban J connectivity index is 1.61. The maximum absolute atomic E-state index is 13.1. The van der Waals surface area contributed by atoms with E-state index in [1.54, 1.807) is 26.2 Å². The summed E-state index contributed by atoms with van der Waals surface area (Å²) in [5.74, 6) is 1.27. The van der Waals surface area contributed by atoms with Crippen molar-refractivity contribution in [1.82, 2.24) is 9.47 Å². The summed E-state index contributed by atoms with van der Waals surface area (Å²) in [6, 6.07) is 13.7. The Morgan fingerprint density at radius 2 is 1.67 bits per heavy atom. The second kappa shape index (κ2) is 11.9. The molecule has 36 heavy (non-hydrogen) atoms. The van der Waals surface area contributed by atoms with Gasteiger partial charge in [-0.05, 0) is 82.1 Å². The molecular formula is C29H37N3O4. The summed E-state index contributed by atoms with van der Waals surface area (Å²) in [6.45, 7) is 9.03. The third-order valence-corrected chi connectivity index (χ3v) is 6.65. The largest absolute Gasteiger partial charge is 0.493 e. The number of amides is 1. The van der Waals surface area contributed by atoms with Gasteiger partial charge in [-0.1, -0.05) is 18.2 Å². The number of Topliss-reactive ketones (excluding diaryl/α,β-unsaturated/α-hetero) is 1. The number of carbonyl (C=O) groups excluding carboxylic acids is 2. The predicted octanol–water partition coefficient (Wildman–Crippen LogP) is 4.73. The van der Waals surface area contributed by atoms with E-state index in [1.807, 2.05) is 70.2 Å². The van der Waals surface area contributed by atoms with Crippen molar-refractivity contribution in [2.24, 2.45) is 0 Å². The predicted molar refractivity (Wildman–Crippen MR) is 144 cm³/mol. The summed E-state index contributed by atoms with van der Waals surface area (Å²) in [5, 5.41) is 2.95. The van der Waals surface area contributed by atoms with E-state index in [2.05, 4.69) is 9.88 Å². The van der Waals surface area contributed by atoms with E-state index < -0.39 is 0 Å². The molecule has 7 heteroatoms. The first kappa shape index (κ1) is 27.0. The summed E-state index contributed by atoms with van der Waals surface area (Å²) >= 11 is 0. The molecule has 1 heterocycles. The van der Waals surface area contributed by atoms with Gasteiger partial charge in [0, 0.05) is 29.2 Å². The number of anilines is 1. The number of nitrogens with one attached hydrogen (secondary N) is 1. The lowest BCUT2D eigenvalue weighted by Crippen LogP contribution is -2.34. The fourth-order valence-electron chi connectivity index (χ4n) is 4.41. The molecule has 0 atom stereocenters. The number of benzene rings is 2. The minimum absolute atomic E-state index is 0.00232. The lowest BCUT2D eigenvalue weighted by molar-refractivity contribution is -0.116. The average molecular weight is 492 g/mol. The molecule has 1 N–H and O–H groups in total. The normalized spacial score (nSPS) is 11.0. The van der Waals surface area contributed by atoms with Crippen molar-refractivity contribution in [2.45, 2.75) is 40.7 Å². The standard InChI is InChI=1S/C29H37N3O4/c1-19-9-8-10-25(21(19)3)30-29(34)18-31(5)17-26(33)24-15-20(2)32(22(24)4)14-13-23-11-12-27(35-6)28(16-23)36-7/h8-12,15-16H,13-14,17-18H2,1-7H3,(H,30,34). The van der Waals surface area contributed by atoms with E-state index in [1.165, 1.54) is 0 Å². The highest BCUT2D eigenvalue weighted by atomic mass is 16.5. The van der Waals surface area contributed by atoms with E-state index in [-0.39, 0.29) is 24.8 Å². The van der Waals surface area contributed by atoms with E-state index in [0.29, 0.717) is 17.1 Å². The van der Waals surface area contributed by atoms with Crippen LogP contribution in [0.1, 0.15) is 38.4 Å². The van der Waals surface area contributed by atoms with Gasteiger partial charge in [0.2, 0.25) is 5.91 Å². The number of nitrogens with zero attached hydrogens (tertiary/aromatic N) is 2. The molecule has 7 nitrogen and oxygen atoms in total. The molecule has 0 bridgehead atoms. The molecule has 0 aliphatic heterocycles. The first-order valence-corrected chi connectivity index (χ1v) is 12.1. The van der Waals surface area contributed by atoms with Crippen LogP contribution in [-0.4, -0.2) is 55.5 Å². The Morgan fingerprint density at radius 1 is 0.944 bits per heavy atom. The van der Waals surface area contributed by atoms with Gasteiger partial charge >= 0.3 is 0 Å². The number of hydrogen-bond donors (Lipinski definition) is 1. The number of rotatable bonds is 11. The third kappa shape index (κ3) is 6.34. The Labute approximate surface area is 214 Å². The number of carbonyl (C=O) groups is 2. The van der Waals surface area contributed by atoms with Gasteiger partial charge in [0.15, 0.2) is 17.3 Å². The van der Waals surface area contributed by atoms with Crippen LogP contribution in [0.4, 0.5) is 5.69 Å². The number of aromatic nitrogens is 1. The Kier molecular flexibility index (Phi) is 8.93. The molecule has 1 aromatic heterocycles. The number of ketones is 1. The molecule has 0 fully saturated rings. The van der Waals surface area contributed by atoms with Crippen LogP contribution in [0.25, 0.3) is 0 Å². The number of likely N-dealkylation sites (N-methyl/N-ethyl adjacent to an activating group) is 1. The summed E-state index contributed by atoms with van der Waals surface area (Å²) in [5.41, 5.74) is 6.77. The Hall–Kier alpha value is -3.58. The number of ether oxygens (including phenoxy) is 2. The van der Waals surface area contributed by atoms with Crippen molar-refractivity contribution >= 4 is 17.4 Å². The molecular weight excluding hydrogens is 454 g/mol. The first-order valence-electron chi connectivity index (χ1n) is 12.1. The van der Waals surface area contributed by atoms with Gasteiger partial charge in [-0.2, -0.15) is 0 Å². The lowest BCUT2D eigenvalue weighted by Gasteiger charge is -2.17. The van der Waals surface area contributed by atoms with Crippen LogP contribution >= 0.6 is 0 Å². The highest BCUT2D eigenvalue weighted by molar-refractivity contribution is 5.99. The molecule has 0 saturated heterocycles. The number of aryl methyl sites for hydroxylation is 3. The molecule has 0 saturated carbocycles. The van der Waals surface area contributed by atoms with Crippen molar-refractivity contribution < 1.29 is 19.1 Å². The number of methoxy groups -OCH3 is 2. The van der Waals surface area contributed by atoms with Crippen LogP contribution in [-0.2, 0) is 17.8 Å². The van der Waals surface area contributed by atoms with Crippen molar-refractivity contribution in [2.75, 3.05) is 39.7 Å². The zero-order chi connectivity index (χ0) is 26.4. The van der Waals surface area contributed by atoms with Crippen LogP contribution in [0, 0.1) is 27.7 Å². The minimum atomic E-state index is -0.139. The first-order chi connectivity index (χ1) is 17.1. The van der Waals surface area contributed by atoms with E-state index in [4.69, 9.17) is 9.47 Å². The fourth-order valence-corrected chi connectivity index (χ4v) is 4.41. The second-order valence-corrected chi connectivity index (χ2v) is 9.27. The Morgan fingerprint density at radius 3 is 2.36 bits per heavy atom. The highest BCUT2D eigenvalue weighted by Crippen LogP contribution is 2.28. The van der Waals surface area contributed by atoms with E-state index in [9.17, 15) is 9.59 Å². The van der Waals surface area contributed by atoms with Crippen molar-refractivity contribution in [3.8, 4) is 11.5 Å². The maximum atomic E-state index is 13.1. The van der Waals surface area contributed by atoms with Gasteiger partial charge in [0.25, 0.3) is 0 Å². The van der Waals surface area contributed by atoms with Crippen LogP contribution in [0.5, 0.6) is 11.5 Å². The SMILES string of the molecule is COc1ccc(CCn2c(C)cc(C(=O)CN(C)CC(=O)Nc3cccc(C)c3C)c2C)cc1OC. The summed E-state index contributed by atoms with van der Waals surface area (Å²) in [7, 11) is 5.04. The topological polar surface area (TPSA) is 72.8 Å². The molecule has 3 rings (SSSR count). The van der Waals surface area contributed by atoms with E-state index >= 15 is 0 Å². The summed E-state index contributed by atoms with van der Waals surface area (Å²) in [4.78, 5) is 27.4. The molecule has 1 amide bonds. The zero-order valence-corrected chi connectivity index (χ0v) is 22.4. The summed E-state index contributed by atoms with van der Waals surface area (Å²) < 4.78 is 12.9. The average Bonchev–Trinajstić information content (AvgIpc) is 3.13. The summed E-state index contributed by atoms with van der Waals surface area (Å²) in [6.07, 6.45) is 0.794. The molecule has 3 aromatic rings. The molecule has 0 aliphatic rings. The van der Waals surface area contributed by atoms with Gasteiger partial charge in [0.1, 0.15) is 0 Å². The zero-order valence-electron chi connectivity index (χ0n) is 22.4. The lowest BCUT2D eigenvalue weighted by atomic mass is 10.1. The van der Waals surface area contributed by atoms with Crippen LogP contribution in [0.2, 0.25) is 0 Å². The maximum Gasteiger partial charge on any atom is 0.238 e. The van der Waals surface area contributed by atoms with Crippen molar-refractivity contribution in [1.29, 1.82) is 0 Å². The van der Waals surface area contributed by atoms with Crippen LogP contribution < -0.4 is 14.8 Å². The quantitative estimate of drug-likeness (QED) is 0.393. The van der Waals surface area contributed by atoms with E-state index in [0.717, 1.165) is 46.7 Å². The third-order valence-electron chi connectivity index (χ3n) is 6.65. The monoisotopic (exact) mass is 491 g/mol. The van der Waals surface area contributed by atoms with Gasteiger partial charge in [-0.3, -0.25) is 14.5 Å².